The molecule has 1 aromatic rings. The highest BCUT2D eigenvalue weighted by Gasteiger charge is 2.03. The Balaban J connectivity index is -0.000000862. The van der Waals surface area contributed by atoms with Crippen molar-refractivity contribution in [2.45, 2.75) is 72.5 Å². The van der Waals surface area contributed by atoms with Crippen LogP contribution in [0, 0.1) is 12.3 Å². The average molecular weight is 482 g/mol. The summed E-state index contributed by atoms with van der Waals surface area (Å²) >= 11 is 3.53. The molecule has 1 aromatic heterocycles. The molecule has 5 N–H and O–H groups in total. The standard InChI is InChI=1S/C18H26N4O2.C3H7NO.C2H6.CH4S/c1-3-5-6-7-8-16(4-2)20-17-13-15(9-10-18(23)21-24)11-12-22(17)14-19;1-2-4-3-5;2*1-2/h2,9-13,16,24H,3,5-8,14,19H2,1H3,(H,21,23);3H,2H2,1H3,(H,4,5);1-2H3;2H,1H3/b10-9+,20-17?;;;. The molecule has 8 nitrogen and oxygen atoms in total. The molecule has 9 heteroatoms. The summed E-state index contributed by atoms with van der Waals surface area (Å²) in [7, 11) is 0. The molecule has 0 aliphatic heterocycles. The van der Waals surface area contributed by atoms with Crippen LogP contribution >= 0.6 is 12.6 Å². The van der Waals surface area contributed by atoms with E-state index >= 15 is 0 Å². The second-order valence-corrected chi connectivity index (χ2v) is 6.12. The lowest BCUT2D eigenvalue weighted by atomic mass is 10.1. The Bertz CT molecular complexity index is 742. The number of terminal acetylenes is 1. The van der Waals surface area contributed by atoms with Crippen LogP contribution in [0.25, 0.3) is 6.08 Å². The quantitative estimate of drug-likeness (QED) is 0.0634. The minimum atomic E-state index is -0.596. The predicted octanol–water partition coefficient (Wildman–Crippen LogP) is 3.12. The number of hydrogen-bond donors (Lipinski definition) is 5. The Kier molecular flexibility index (Phi) is 29.2. The highest BCUT2D eigenvalue weighted by Crippen LogP contribution is 2.07. The Labute approximate surface area is 205 Å². The Morgan fingerprint density at radius 2 is 2.00 bits per heavy atom. The maximum atomic E-state index is 11.1. The van der Waals surface area contributed by atoms with Crippen molar-refractivity contribution in [3.8, 4) is 12.3 Å². The van der Waals surface area contributed by atoms with Crippen LogP contribution < -0.4 is 22.0 Å². The third kappa shape index (κ3) is 19.8. The summed E-state index contributed by atoms with van der Waals surface area (Å²) in [5, 5.41) is 10.9. The van der Waals surface area contributed by atoms with Gasteiger partial charge in [-0.1, -0.05) is 52.4 Å². The molecule has 188 valence electrons. The number of unbranched alkanes of at least 4 members (excludes halogenated alkanes) is 3. The smallest absolute Gasteiger partial charge is 0.267 e. The van der Waals surface area contributed by atoms with Crippen molar-refractivity contribution < 1.29 is 14.8 Å². The second-order valence-electron chi connectivity index (χ2n) is 6.12. The summed E-state index contributed by atoms with van der Waals surface area (Å²) in [6, 6.07) is 3.42. The van der Waals surface area contributed by atoms with Crippen molar-refractivity contribution in [2.75, 3.05) is 12.8 Å². The van der Waals surface area contributed by atoms with Crippen molar-refractivity contribution in [1.82, 2.24) is 15.4 Å². The molecular formula is C24H43N5O3S. The topological polar surface area (TPSA) is 122 Å². The highest BCUT2D eigenvalue weighted by molar-refractivity contribution is 7.79. The number of carbonyl (C=O) groups excluding carboxylic acids is 2. The van der Waals surface area contributed by atoms with E-state index < -0.39 is 5.91 Å². The second kappa shape index (κ2) is 27.5. The van der Waals surface area contributed by atoms with Gasteiger partial charge in [0, 0.05) is 18.8 Å². The molecule has 2 amide bonds. The number of nitrogens with one attached hydrogen (secondary N) is 2. The number of nitrogens with two attached hydrogens (primary N) is 1. The summed E-state index contributed by atoms with van der Waals surface area (Å²) in [6.45, 7) is 9.05. The van der Waals surface area contributed by atoms with Gasteiger partial charge in [-0.15, -0.1) is 6.42 Å². The number of aromatic nitrogens is 1. The molecule has 0 bridgehead atoms. The van der Waals surface area contributed by atoms with Crippen LogP contribution in [0.3, 0.4) is 0 Å². The lowest BCUT2D eigenvalue weighted by molar-refractivity contribution is -0.124. The summed E-state index contributed by atoms with van der Waals surface area (Å²) in [6.07, 6.45) is 18.0. The fourth-order valence-corrected chi connectivity index (χ4v) is 2.30. The number of rotatable bonds is 11. The van der Waals surface area contributed by atoms with Gasteiger partial charge < -0.3 is 15.6 Å². The van der Waals surface area contributed by atoms with Gasteiger partial charge in [0.25, 0.3) is 5.91 Å². The van der Waals surface area contributed by atoms with Crippen LogP contribution in [-0.2, 0) is 16.3 Å². The van der Waals surface area contributed by atoms with E-state index in [2.05, 4.69) is 35.8 Å². The highest BCUT2D eigenvalue weighted by atomic mass is 32.1. The van der Waals surface area contributed by atoms with Gasteiger partial charge in [-0.05, 0) is 43.4 Å². The molecule has 1 unspecified atom stereocenters. The first-order chi connectivity index (χ1) is 16.1. The molecule has 0 aliphatic carbocycles. The summed E-state index contributed by atoms with van der Waals surface area (Å²) in [5.41, 5.74) is 8.72. The lowest BCUT2D eigenvalue weighted by Gasteiger charge is -2.09. The van der Waals surface area contributed by atoms with E-state index in [9.17, 15) is 9.59 Å². The normalized spacial score (nSPS) is 10.8. The zero-order chi connectivity index (χ0) is 25.9. The van der Waals surface area contributed by atoms with E-state index in [1.54, 1.807) is 34.6 Å². The fraction of sp³-hybridized carbons (Fsp3) is 0.542. The predicted molar refractivity (Wildman–Crippen MR) is 141 cm³/mol. The fourth-order valence-electron chi connectivity index (χ4n) is 2.30. The third-order valence-corrected chi connectivity index (χ3v) is 3.87. The van der Waals surface area contributed by atoms with Gasteiger partial charge in [-0.25, -0.2) is 5.48 Å². The van der Waals surface area contributed by atoms with E-state index in [4.69, 9.17) is 17.4 Å². The number of thiol groups is 1. The number of amides is 2. The number of carbonyl (C=O) groups is 2. The van der Waals surface area contributed by atoms with E-state index in [-0.39, 0.29) is 12.7 Å². The van der Waals surface area contributed by atoms with Gasteiger partial charge in [-0.3, -0.25) is 19.8 Å². The van der Waals surface area contributed by atoms with Crippen LogP contribution in [0.5, 0.6) is 0 Å². The zero-order valence-electron chi connectivity index (χ0n) is 20.8. The lowest BCUT2D eigenvalue weighted by Crippen LogP contribution is -2.26. The monoisotopic (exact) mass is 481 g/mol. The zero-order valence-corrected chi connectivity index (χ0v) is 21.6. The van der Waals surface area contributed by atoms with Crippen molar-refractivity contribution in [2.24, 2.45) is 10.7 Å². The Morgan fingerprint density at radius 3 is 2.45 bits per heavy atom. The molecule has 0 fully saturated rings. The molecule has 33 heavy (non-hydrogen) atoms. The first-order valence-corrected chi connectivity index (χ1v) is 12.1. The molecule has 0 saturated heterocycles. The molecule has 1 atom stereocenters. The van der Waals surface area contributed by atoms with Crippen LogP contribution in [0.4, 0.5) is 0 Å². The Morgan fingerprint density at radius 1 is 1.33 bits per heavy atom. The minimum absolute atomic E-state index is 0.195. The van der Waals surface area contributed by atoms with Crippen molar-refractivity contribution in [3.05, 3.63) is 35.5 Å². The number of hydroxylamine groups is 1. The minimum Gasteiger partial charge on any atom is -0.359 e. The van der Waals surface area contributed by atoms with Gasteiger partial charge >= 0.3 is 0 Å². The van der Waals surface area contributed by atoms with Crippen LogP contribution in [-0.4, -0.2) is 40.9 Å². The number of nitrogens with zero attached hydrogens (tertiary/aromatic N) is 2. The maximum absolute atomic E-state index is 11.1. The van der Waals surface area contributed by atoms with Gasteiger partial charge in [0.05, 0.1) is 6.67 Å². The molecule has 0 spiro atoms. The van der Waals surface area contributed by atoms with Gasteiger partial charge in [0.15, 0.2) is 0 Å². The first kappa shape index (κ1) is 35.1. The molecule has 0 saturated carbocycles. The van der Waals surface area contributed by atoms with Gasteiger partial charge in [-0.2, -0.15) is 12.6 Å². The summed E-state index contributed by atoms with van der Waals surface area (Å²) < 4.78 is 1.79. The molecule has 1 rings (SSSR count). The van der Waals surface area contributed by atoms with Crippen LogP contribution in [0.2, 0.25) is 0 Å². The summed E-state index contributed by atoms with van der Waals surface area (Å²) in [5.74, 6) is 2.13. The molecular weight excluding hydrogens is 438 g/mol. The Hall–Kier alpha value is -2.54. The first-order valence-electron chi connectivity index (χ1n) is 11.2. The van der Waals surface area contributed by atoms with E-state index in [1.807, 2.05) is 26.8 Å². The number of pyridine rings is 1. The SMILES string of the molecule is C#CC(CCCCCC)N=c1cc(/C=C/C(=O)NO)ccn1CN.CC.CCNC=O.CS. The molecule has 0 aromatic carbocycles. The molecule has 1 heterocycles. The van der Waals surface area contributed by atoms with E-state index in [1.165, 1.54) is 18.9 Å². The van der Waals surface area contributed by atoms with Crippen molar-refractivity contribution in [3.63, 3.8) is 0 Å². The number of hydrogen-bond acceptors (Lipinski definition) is 6. The summed E-state index contributed by atoms with van der Waals surface area (Å²) in [4.78, 5) is 25.0. The van der Waals surface area contributed by atoms with Crippen LogP contribution in [0.15, 0.2) is 29.4 Å². The molecule has 0 aliphatic rings. The van der Waals surface area contributed by atoms with Gasteiger partial charge in [0.2, 0.25) is 6.41 Å². The average Bonchev–Trinajstić information content (AvgIpc) is 2.87. The van der Waals surface area contributed by atoms with Crippen molar-refractivity contribution in [1.29, 1.82) is 0 Å². The maximum Gasteiger partial charge on any atom is 0.267 e. The van der Waals surface area contributed by atoms with Crippen molar-refractivity contribution >= 4 is 31.0 Å². The van der Waals surface area contributed by atoms with E-state index in [0.29, 0.717) is 11.9 Å². The van der Waals surface area contributed by atoms with Gasteiger partial charge in [0.1, 0.15) is 11.5 Å². The molecule has 0 radical (unpaired) electrons. The van der Waals surface area contributed by atoms with Crippen LogP contribution in [0.1, 0.15) is 65.4 Å². The van der Waals surface area contributed by atoms with E-state index in [0.717, 1.165) is 31.4 Å². The third-order valence-electron chi connectivity index (χ3n) is 3.87. The largest absolute Gasteiger partial charge is 0.359 e.